The SMILES string of the molecule is COc1ccc(C2/C(=C(\O)c3ccccc3)C(=O)C(=O)N2c2ccccc2OC)cc1. The number of hydrogen-bond donors (Lipinski definition) is 1. The number of amides is 1. The monoisotopic (exact) mass is 415 g/mol. The number of carbonyl (C=O) groups is 2. The van der Waals surface area contributed by atoms with Crippen molar-refractivity contribution >= 4 is 23.1 Å². The predicted octanol–water partition coefficient (Wildman–Crippen LogP) is 4.33. The number of para-hydroxylation sites is 2. The number of ketones is 1. The molecule has 6 nitrogen and oxygen atoms in total. The van der Waals surface area contributed by atoms with Crippen LogP contribution in [0.25, 0.3) is 5.76 Å². The van der Waals surface area contributed by atoms with Crippen molar-refractivity contribution in [1.29, 1.82) is 0 Å². The zero-order valence-corrected chi connectivity index (χ0v) is 17.1. The molecule has 0 radical (unpaired) electrons. The molecule has 1 amide bonds. The molecule has 1 aliphatic rings. The Kier molecular flexibility index (Phi) is 5.45. The van der Waals surface area contributed by atoms with E-state index in [0.29, 0.717) is 28.3 Å². The van der Waals surface area contributed by atoms with Gasteiger partial charge in [0.2, 0.25) is 0 Å². The van der Waals surface area contributed by atoms with Crippen LogP contribution in [0.5, 0.6) is 11.5 Å². The summed E-state index contributed by atoms with van der Waals surface area (Å²) in [6, 6.07) is 21.9. The lowest BCUT2D eigenvalue weighted by molar-refractivity contribution is -0.132. The maximum absolute atomic E-state index is 13.2. The fourth-order valence-corrected chi connectivity index (χ4v) is 3.76. The van der Waals surface area contributed by atoms with E-state index < -0.39 is 17.7 Å². The van der Waals surface area contributed by atoms with Gasteiger partial charge in [-0.1, -0.05) is 54.6 Å². The molecular formula is C25H21NO5. The lowest BCUT2D eigenvalue weighted by Gasteiger charge is -2.26. The Morgan fingerprint density at radius 1 is 0.839 bits per heavy atom. The Labute approximate surface area is 180 Å². The fourth-order valence-electron chi connectivity index (χ4n) is 3.76. The molecule has 0 spiro atoms. The van der Waals surface area contributed by atoms with Crippen molar-refractivity contribution in [2.45, 2.75) is 6.04 Å². The first-order valence-electron chi connectivity index (χ1n) is 9.70. The molecule has 0 bridgehead atoms. The standard InChI is InChI=1S/C25H21NO5/c1-30-18-14-12-16(13-15-18)22-21(23(27)17-8-4-3-5-9-17)24(28)25(29)26(22)19-10-6-7-11-20(19)31-2/h3-15,22,27H,1-2H3/b23-21+. The Morgan fingerprint density at radius 2 is 1.48 bits per heavy atom. The largest absolute Gasteiger partial charge is 0.507 e. The molecule has 1 aliphatic heterocycles. The highest BCUT2D eigenvalue weighted by atomic mass is 16.5. The number of hydrogen-bond acceptors (Lipinski definition) is 5. The highest BCUT2D eigenvalue weighted by molar-refractivity contribution is 6.51. The molecule has 0 aliphatic carbocycles. The van der Waals surface area contributed by atoms with Gasteiger partial charge in [-0.05, 0) is 29.8 Å². The number of carbonyl (C=O) groups excluding carboxylic acids is 2. The molecule has 3 aromatic rings. The summed E-state index contributed by atoms with van der Waals surface area (Å²) >= 11 is 0. The number of rotatable bonds is 5. The second-order valence-electron chi connectivity index (χ2n) is 6.98. The molecule has 156 valence electrons. The van der Waals surface area contributed by atoms with E-state index in [1.54, 1.807) is 79.9 Å². The topological polar surface area (TPSA) is 76.1 Å². The predicted molar refractivity (Wildman–Crippen MR) is 117 cm³/mol. The third kappa shape index (κ3) is 3.53. The molecule has 1 saturated heterocycles. The van der Waals surface area contributed by atoms with Crippen LogP contribution in [-0.2, 0) is 9.59 Å². The molecule has 4 rings (SSSR count). The van der Waals surface area contributed by atoms with E-state index in [-0.39, 0.29) is 11.3 Å². The normalized spacial score (nSPS) is 17.6. The number of ether oxygens (including phenoxy) is 2. The number of anilines is 1. The molecule has 3 aromatic carbocycles. The van der Waals surface area contributed by atoms with Crippen LogP contribution in [-0.4, -0.2) is 31.0 Å². The van der Waals surface area contributed by atoms with Crippen molar-refractivity contribution in [3.8, 4) is 11.5 Å². The van der Waals surface area contributed by atoms with Gasteiger partial charge >= 0.3 is 0 Å². The summed E-state index contributed by atoms with van der Waals surface area (Å²) in [5, 5.41) is 11.1. The van der Waals surface area contributed by atoms with E-state index in [0.717, 1.165) is 0 Å². The third-order valence-corrected chi connectivity index (χ3v) is 5.27. The summed E-state index contributed by atoms with van der Waals surface area (Å²) in [5.74, 6) is -0.628. The van der Waals surface area contributed by atoms with Crippen LogP contribution in [0.4, 0.5) is 5.69 Å². The van der Waals surface area contributed by atoms with Crippen LogP contribution in [0.3, 0.4) is 0 Å². The van der Waals surface area contributed by atoms with Gasteiger partial charge in [0, 0.05) is 5.56 Å². The molecule has 0 aromatic heterocycles. The van der Waals surface area contributed by atoms with Crippen molar-refractivity contribution < 1.29 is 24.2 Å². The molecule has 6 heteroatoms. The van der Waals surface area contributed by atoms with E-state index in [1.807, 2.05) is 6.07 Å². The number of aliphatic hydroxyl groups excluding tert-OH is 1. The zero-order chi connectivity index (χ0) is 22.0. The van der Waals surface area contributed by atoms with E-state index in [1.165, 1.54) is 12.0 Å². The summed E-state index contributed by atoms with van der Waals surface area (Å²) in [5.41, 5.74) is 1.58. The van der Waals surface area contributed by atoms with Crippen LogP contribution in [0.1, 0.15) is 17.2 Å². The molecule has 1 atom stereocenters. The molecular weight excluding hydrogens is 394 g/mol. The van der Waals surface area contributed by atoms with Gasteiger partial charge in [-0.3, -0.25) is 14.5 Å². The highest BCUT2D eigenvalue weighted by Crippen LogP contribution is 2.45. The van der Waals surface area contributed by atoms with Crippen molar-refractivity contribution in [3.63, 3.8) is 0 Å². The lowest BCUT2D eigenvalue weighted by Crippen LogP contribution is -2.29. The Hall–Kier alpha value is -4.06. The van der Waals surface area contributed by atoms with Gasteiger partial charge in [0.1, 0.15) is 17.3 Å². The Bertz CT molecular complexity index is 1150. The fraction of sp³-hybridized carbons (Fsp3) is 0.120. The van der Waals surface area contributed by atoms with E-state index in [9.17, 15) is 14.7 Å². The number of nitrogens with zero attached hydrogens (tertiary/aromatic N) is 1. The summed E-state index contributed by atoms with van der Waals surface area (Å²) in [7, 11) is 3.06. The number of Topliss-reactive ketones (excluding diaryl/α,β-unsaturated/α-hetero) is 1. The average Bonchev–Trinajstić information content (AvgIpc) is 3.09. The van der Waals surface area contributed by atoms with E-state index in [2.05, 4.69) is 0 Å². The maximum atomic E-state index is 13.2. The Morgan fingerprint density at radius 3 is 2.13 bits per heavy atom. The van der Waals surface area contributed by atoms with Crippen molar-refractivity contribution in [2.75, 3.05) is 19.1 Å². The Balaban J connectivity index is 1.96. The van der Waals surface area contributed by atoms with Gasteiger partial charge in [-0.2, -0.15) is 0 Å². The van der Waals surface area contributed by atoms with Gasteiger partial charge in [-0.25, -0.2) is 0 Å². The van der Waals surface area contributed by atoms with Crippen molar-refractivity contribution in [2.24, 2.45) is 0 Å². The lowest BCUT2D eigenvalue weighted by atomic mass is 9.95. The van der Waals surface area contributed by atoms with Gasteiger partial charge in [0.15, 0.2) is 0 Å². The third-order valence-electron chi connectivity index (χ3n) is 5.27. The highest BCUT2D eigenvalue weighted by Gasteiger charge is 2.47. The zero-order valence-electron chi connectivity index (χ0n) is 17.1. The minimum Gasteiger partial charge on any atom is -0.507 e. The van der Waals surface area contributed by atoms with Gasteiger partial charge in [0.25, 0.3) is 11.7 Å². The van der Waals surface area contributed by atoms with Crippen molar-refractivity contribution in [3.05, 3.63) is 95.6 Å². The first kappa shape index (κ1) is 20.2. The quantitative estimate of drug-likeness (QED) is 0.381. The van der Waals surface area contributed by atoms with Gasteiger partial charge in [-0.15, -0.1) is 0 Å². The van der Waals surface area contributed by atoms with Crippen molar-refractivity contribution in [1.82, 2.24) is 0 Å². The average molecular weight is 415 g/mol. The molecule has 1 heterocycles. The van der Waals surface area contributed by atoms with Crippen LogP contribution >= 0.6 is 0 Å². The summed E-state index contributed by atoms with van der Waals surface area (Å²) in [6.07, 6.45) is 0. The summed E-state index contributed by atoms with van der Waals surface area (Å²) in [4.78, 5) is 27.7. The van der Waals surface area contributed by atoms with Crippen LogP contribution in [0, 0.1) is 0 Å². The second-order valence-corrected chi connectivity index (χ2v) is 6.98. The molecule has 1 N–H and O–H groups in total. The minimum atomic E-state index is -0.831. The van der Waals surface area contributed by atoms with Gasteiger partial charge < -0.3 is 14.6 Å². The molecule has 1 unspecified atom stereocenters. The first-order chi connectivity index (χ1) is 15.1. The van der Waals surface area contributed by atoms with Crippen LogP contribution < -0.4 is 14.4 Å². The number of methoxy groups -OCH3 is 2. The maximum Gasteiger partial charge on any atom is 0.300 e. The van der Waals surface area contributed by atoms with E-state index in [4.69, 9.17) is 9.47 Å². The number of benzene rings is 3. The summed E-state index contributed by atoms with van der Waals surface area (Å²) in [6.45, 7) is 0. The van der Waals surface area contributed by atoms with Gasteiger partial charge in [0.05, 0.1) is 31.5 Å². The molecule has 1 fully saturated rings. The minimum absolute atomic E-state index is 0.0206. The van der Waals surface area contributed by atoms with E-state index >= 15 is 0 Å². The number of aliphatic hydroxyl groups is 1. The first-order valence-corrected chi connectivity index (χ1v) is 9.70. The van der Waals surface area contributed by atoms with Crippen LogP contribution in [0.15, 0.2) is 84.4 Å². The second kappa shape index (κ2) is 8.36. The summed E-state index contributed by atoms with van der Waals surface area (Å²) < 4.78 is 10.7. The van der Waals surface area contributed by atoms with Crippen LogP contribution in [0.2, 0.25) is 0 Å². The molecule has 0 saturated carbocycles. The smallest absolute Gasteiger partial charge is 0.300 e. The molecule has 31 heavy (non-hydrogen) atoms.